The third kappa shape index (κ3) is 5.01. The zero-order valence-corrected chi connectivity index (χ0v) is 7.76. The van der Waals surface area contributed by atoms with Gasteiger partial charge in [0.1, 0.15) is 5.25 Å². The lowest BCUT2D eigenvalue weighted by molar-refractivity contribution is -0.305. The summed E-state index contributed by atoms with van der Waals surface area (Å²) in [4.78, 5) is 20.6. The van der Waals surface area contributed by atoms with Crippen LogP contribution in [0.1, 0.15) is 20.3 Å². The lowest BCUT2D eigenvalue weighted by Crippen LogP contribution is -2.30. The molecule has 1 atom stereocenters. The molecule has 0 amide bonds. The van der Waals surface area contributed by atoms with Gasteiger partial charge in [0.15, 0.2) is 0 Å². The topological polar surface area (TPSA) is 77.4 Å². The SMILES string of the molecule is CC(C)SC(CC(=O)[O-])C(=O)O. The summed E-state index contributed by atoms with van der Waals surface area (Å²) >= 11 is 1.12. The van der Waals surface area contributed by atoms with Crippen molar-refractivity contribution in [2.75, 3.05) is 0 Å². The Morgan fingerprint density at radius 1 is 1.50 bits per heavy atom. The van der Waals surface area contributed by atoms with E-state index in [4.69, 9.17) is 5.11 Å². The molecule has 0 aromatic heterocycles. The average Bonchev–Trinajstić information content (AvgIpc) is 1.83. The minimum Gasteiger partial charge on any atom is -0.550 e. The molecule has 0 spiro atoms. The van der Waals surface area contributed by atoms with Gasteiger partial charge in [-0.25, -0.2) is 0 Å². The highest BCUT2D eigenvalue weighted by Gasteiger charge is 2.19. The van der Waals surface area contributed by atoms with Gasteiger partial charge < -0.3 is 15.0 Å². The van der Waals surface area contributed by atoms with E-state index in [1.807, 2.05) is 13.8 Å². The molecule has 0 aromatic rings. The Morgan fingerprint density at radius 2 is 2.00 bits per heavy atom. The Balaban J connectivity index is 4.04. The van der Waals surface area contributed by atoms with Gasteiger partial charge in [-0.1, -0.05) is 13.8 Å². The first-order valence-corrected chi connectivity index (χ1v) is 4.46. The van der Waals surface area contributed by atoms with Crippen LogP contribution in [0.4, 0.5) is 0 Å². The van der Waals surface area contributed by atoms with E-state index in [2.05, 4.69) is 0 Å². The molecule has 0 bridgehead atoms. The quantitative estimate of drug-likeness (QED) is 0.646. The van der Waals surface area contributed by atoms with Crippen LogP contribution in [0.15, 0.2) is 0 Å². The predicted molar refractivity (Wildman–Crippen MR) is 43.8 cm³/mol. The minimum atomic E-state index is -1.32. The molecule has 0 saturated heterocycles. The second kappa shape index (κ2) is 5.03. The molecule has 70 valence electrons. The number of carboxylic acid groups (broad SMARTS) is 2. The van der Waals surface area contributed by atoms with E-state index >= 15 is 0 Å². The summed E-state index contributed by atoms with van der Waals surface area (Å²) in [6.45, 7) is 3.63. The Hall–Kier alpha value is -0.710. The molecule has 0 rings (SSSR count). The standard InChI is InChI=1S/C7H12O4S/c1-4(2)12-5(7(10)11)3-6(8)9/h4-5H,3H2,1-2H3,(H,8,9)(H,10,11)/p-1. The third-order valence-corrected chi connectivity index (χ3v) is 2.31. The maximum Gasteiger partial charge on any atom is 0.317 e. The summed E-state index contributed by atoms with van der Waals surface area (Å²) in [6, 6.07) is 0. The fraction of sp³-hybridized carbons (Fsp3) is 0.714. The zero-order valence-electron chi connectivity index (χ0n) is 6.94. The normalized spacial score (nSPS) is 12.9. The van der Waals surface area contributed by atoms with Gasteiger partial charge in [0.25, 0.3) is 0 Å². The summed E-state index contributed by atoms with van der Waals surface area (Å²) < 4.78 is 0. The van der Waals surface area contributed by atoms with Crippen LogP contribution < -0.4 is 5.11 Å². The molecule has 0 saturated carbocycles. The van der Waals surface area contributed by atoms with Crippen LogP contribution in [0.3, 0.4) is 0 Å². The Morgan fingerprint density at radius 3 is 2.25 bits per heavy atom. The van der Waals surface area contributed by atoms with Crippen LogP contribution in [0.2, 0.25) is 0 Å². The number of hydrogen-bond acceptors (Lipinski definition) is 4. The van der Waals surface area contributed by atoms with Crippen LogP contribution in [0.25, 0.3) is 0 Å². The van der Waals surface area contributed by atoms with Crippen molar-refractivity contribution < 1.29 is 19.8 Å². The van der Waals surface area contributed by atoms with Crippen LogP contribution in [0.5, 0.6) is 0 Å². The molecule has 0 radical (unpaired) electrons. The van der Waals surface area contributed by atoms with Crippen molar-refractivity contribution >= 4 is 23.7 Å². The first-order valence-electron chi connectivity index (χ1n) is 3.51. The van der Waals surface area contributed by atoms with E-state index in [-0.39, 0.29) is 5.25 Å². The van der Waals surface area contributed by atoms with Crippen LogP contribution in [-0.4, -0.2) is 27.5 Å². The van der Waals surface area contributed by atoms with Crippen molar-refractivity contribution in [1.82, 2.24) is 0 Å². The van der Waals surface area contributed by atoms with E-state index in [0.717, 1.165) is 11.8 Å². The second-order valence-electron chi connectivity index (χ2n) is 2.59. The van der Waals surface area contributed by atoms with E-state index < -0.39 is 23.6 Å². The van der Waals surface area contributed by atoms with Gasteiger partial charge in [-0.2, -0.15) is 0 Å². The monoisotopic (exact) mass is 191 g/mol. The van der Waals surface area contributed by atoms with Crippen molar-refractivity contribution in [2.24, 2.45) is 0 Å². The van der Waals surface area contributed by atoms with Gasteiger partial charge in [0.05, 0.1) is 0 Å². The largest absolute Gasteiger partial charge is 0.550 e. The summed E-state index contributed by atoms with van der Waals surface area (Å²) in [6.07, 6.45) is -0.432. The molecular weight excluding hydrogens is 180 g/mol. The molecule has 0 heterocycles. The highest BCUT2D eigenvalue weighted by Crippen LogP contribution is 2.19. The van der Waals surface area contributed by atoms with E-state index in [0.29, 0.717) is 0 Å². The molecule has 0 aliphatic carbocycles. The van der Waals surface area contributed by atoms with Gasteiger partial charge in [-0.3, -0.25) is 4.79 Å². The molecule has 5 heteroatoms. The number of aliphatic carboxylic acids is 2. The maximum absolute atomic E-state index is 10.5. The molecule has 4 nitrogen and oxygen atoms in total. The lowest BCUT2D eigenvalue weighted by atomic mass is 10.3. The first kappa shape index (κ1) is 11.3. The lowest BCUT2D eigenvalue weighted by Gasteiger charge is -2.14. The number of hydrogen-bond donors (Lipinski definition) is 1. The van der Waals surface area contributed by atoms with E-state index in [1.165, 1.54) is 0 Å². The van der Waals surface area contributed by atoms with Gasteiger partial charge in [0.2, 0.25) is 0 Å². The molecule has 0 aliphatic heterocycles. The molecule has 1 unspecified atom stereocenters. The Kier molecular flexibility index (Phi) is 4.73. The molecule has 0 aliphatic rings. The number of carboxylic acids is 2. The molecular formula is C7H11O4S-. The summed E-state index contributed by atoms with van der Waals surface area (Å²) in [5.41, 5.74) is 0. The van der Waals surface area contributed by atoms with Gasteiger partial charge in [-0.15, -0.1) is 11.8 Å². The van der Waals surface area contributed by atoms with Crippen molar-refractivity contribution in [3.8, 4) is 0 Å². The van der Waals surface area contributed by atoms with Crippen molar-refractivity contribution in [1.29, 1.82) is 0 Å². The summed E-state index contributed by atoms with van der Waals surface area (Å²) in [7, 11) is 0. The van der Waals surface area contributed by atoms with E-state index in [1.54, 1.807) is 0 Å². The van der Waals surface area contributed by atoms with Crippen molar-refractivity contribution in [2.45, 2.75) is 30.8 Å². The predicted octanol–water partition coefficient (Wildman–Crippen LogP) is -0.279. The third-order valence-electron chi connectivity index (χ3n) is 1.06. The van der Waals surface area contributed by atoms with Crippen molar-refractivity contribution in [3.63, 3.8) is 0 Å². The summed E-state index contributed by atoms with van der Waals surface area (Å²) in [5, 5.41) is 17.9. The molecule has 0 fully saturated rings. The van der Waals surface area contributed by atoms with Gasteiger partial charge >= 0.3 is 5.97 Å². The van der Waals surface area contributed by atoms with Gasteiger partial charge in [-0.05, 0) is 5.25 Å². The molecule has 1 N–H and O–H groups in total. The fourth-order valence-electron chi connectivity index (χ4n) is 0.674. The highest BCUT2D eigenvalue weighted by atomic mass is 32.2. The smallest absolute Gasteiger partial charge is 0.317 e. The average molecular weight is 191 g/mol. The fourth-order valence-corrected chi connectivity index (χ4v) is 1.68. The number of carbonyl (C=O) groups is 2. The van der Waals surface area contributed by atoms with Gasteiger partial charge in [0, 0.05) is 12.4 Å². The number of rotatable bonds is 5. The Labute approximate surface area is 75.0 Å². The van der Waals surface area contributed by atoms with Crippen LogP contribution in [0, 0.1) is 0 Å². The molecule has 12 heavy (non-hydrogen) atoms. The van der Waals surface area contributed by atoms with E-state index in [9.17, 15) is 14.7 Å². The number of thioether (sulfide) groups is 1. The molecule has 0 aromatic carbocycles. The van der Waals surface area contributed by atoms with Crippen molar-refractivity contribution in [3.05, 3.63) is 0 Å². The minimum absolute atomic E-state index is 0.102. The van der Waals surface area contributed by atoms with Crippen LogP contribution >= 0.6 is 11.8 Å². The summed E-state index contributed by atoms with van der Waals surface area (Å²) in [5.74, 6) is -2.42. The second-order valence-corrected chi connectivity index (χ2v) is 4.37. The first-order chi connectivity index (χ1) is 5.43. The highest BCUT2D eigenvalue weighted by molar-refractivity contribution is 8.01. The zero-order chi connectivity index (χ0) is 9.72. The number of carbonyl (C=O) groups excluding carboxylic acids is 1. The Bertz CT molecular complexity index is 178. The van der Waals surface area contributed by atoms with Crippen LogP contribution in [-0.2, 0) is 9.59 Å². The maximum atomic E-state index is 10.5.